The van der Waals surface area contributed by atoms with Crippen molar-refractivity contribution in [3.63, 3.8) is 0 Å². The van der Waals surface area contributed by atoms with Crippen LogP contribution in [-0.2, 0) is 14.4 Å². The Morgan fingerprint density at radius 2 is 2.06 bits per heavy atom. The minimum Gasteiger partial charge on any atom is -0.301 e. The Kier molecular flexibility index (Phi) is 5.68. The van der Waals surface area contributed by atoms with Crippen LogP contribution in [0.2, 0.25) is 0 Å². The van der Waals surface area contributed by atoms with Crippen LogP contribution >= 0.6 is 0 Å². The van der Waals surface area contributed by atoms with Gasteiger partial charge in [-0.15, -0.1) is 0 Å². The van der Waals surface area contributed by atoms with E-state index < -0.39 is 0 Å². The van der Waals surface area contributed by atoms with Crippen molar-refractivity contribution in [2.75, 3.05) is 13.2 Å². The van der Waals surface area contributed by atoms with Gasteiger partial charge in [-0.3, -0.25) is 9.63 Å². The summed E-state index contributed by atoms with van der Waals surface area (Å²) in [5.41, 5.74) is 0.920. The van der Waals surface area contributed by atoms with Gasteiger partial charge in [0.05, 0.1) is 6.61 Å². The fourth-order valence-electron chi connectivity index (χ4n) is 1.24. The number of benzene rings is 1. The van der Waals surface area contributed by atoms with Crippen molar-refractivity contribution >= 4 is 18.3 Å². The number of hydrogen-bond acceptors (Lipinski definition) is 3. The molecule has 0 atom stereocenters. The molecule has 4 heteroatoms. The molecule has 17 heavy (non-hydrogen) atoms. The van der Waals surface area contributed by atoms with Crippen molar-refractivity contribution < 1.29 is 14.4 Å². The van der Waals surface area contributed by atoms with Gasteiger partial charge < -0.3 is 4.79 Å². The third kappa shape index (κ3) is 4.61. The Labute approximate surface area is 100 Å². The topological polar surface area (TPSA) is 46.6 Å². The van der Waals surface area contributed by atoms with E-state index in [1.54, 1.807) is 13.0 Å². The lowest BCUT2D eigenvalue weighted by Gasteiger charge is -2.16. The lowest BCUT2D eigenvalue weighted by molar-refractivity contribution is -0.179. The SMILES string of the molecule is CCON(CC=O)C(=O)/C=C/c1ccccc1. The monoisotopic (exact) mass is 233 g/mol. The molecule has 0 aromatic heterocycles. The molecule has 4 nitrogen and oxygen atoms in total. The van der Waals surface area contributed by atoms with Gasteiger partial charge in [0, 0.05) is 6.08 Å². The first kappa shape index (κ1) is 13.1. The van der Waals surface area contributed by atoms with Crippen LogP contribution in [0.25, 0.3) is 6.08 Å². The van der Waals surface area contributed by atoms with Gasteiger partial charge in [-0.05, 0) is 18.6 Å². The Bertz CT molecular complexity index is 387. The number of nitrogens with zero attached hydrogens (tertiary/aromatic N) is 1. The summed E-state index contributed by atoms with van der Waals surface area (Å²) < 4.78 is 0. The number of hydrogen-bond donors (Lipinski definition) is 0. The molecule has 1 rings (SSSR count). The summed E-state index contributed by atoms with van der Waals surface area (Å²) in [7, 11) is 0. The minimum atomic E-state index is -0.345. The van der Waals surface area contributed by atoms with Crippen LogP contribution < -0.4 is 0 Å². The molecular formula is C13H15NO3. The van der Waals surface area contributed by atoms with Crippen LogP contribution in [0.5, 0.6) is 0 Å². The summed E-state index contributed by atoms with van der Waals surface area (Å²) in [6.45, 7) is 2.04. The molecule has 1 aromatic carbocycles. The van der Waals surface area contributed by atoms with Crippen molar-refractivity contribution in [2.24, 2.45) is 0 Å². The molecule has 0 aliphatic heterocycles. The third-order valence-corrected chi connectivity index (χ3v) is 1.99. The quantitative estimate of drug-likeness (QED) is 0.426. The normalized spacial score (nSPS) is 10.4. The van der Waals surface area contributed by atoms with Crippen LogP contribution in [0.3, 0.4) is 0 Å². The average Bonchev–Trinajstić information content (AvgIpc) is 2.37. The number of hydroxylamine groups is 2. The second-order valence-corrected chi connectivity index (χ2v) is 3.23. The smallest absolute Gasteiger partial charge is 0.270 e. The van der Waals surface area contributed by atoms with Gasteiger partial charge in [0.15, 0.2) is 0 Å². The second-order valence-electron chi connectivity index (χ2n) is 3.23. The largest absolute Gasteiger partial charge is 0.301 e. The number of aldehydes is 1. The first-order chi connectivity index (χ1) is 8.27. The Balaban J connectivity index is 2.63. The first-order valence-electron chi connectivity index (χ1n) is 5.39. The molecule has 0 fully saturated rings. The molecule has 0 saturated carbocycles. The zero-order valence-electron chi connectivity index (χ0n) is 9.70. The van der Waals surface area contributed by atoms with Gasteiger partial charge in [0.25, 0.3) is 5.91 Å². The van der Waals surface area contributed by atoms with E-state index in [0.29, 0.717) is 12.9 Å². The Hall–Kier alpha value is -1.94. The predicted octanol–water partition coefficient (Wildman–Crippen LogP) is 1.68. The van der Waals surface area contributed by atoms with E-state index in [1.807, 2.05) is 30.3 Å². The molecule has 0 unspecified atom stereocenters. The first-order valence-corrected chi connectivity index (χ1v) is 5.39. The number of carbonyl (C=O) groups is 2. The van der Waals surface area contributed by atoms with Crippen molar-refractivity contribution in [1.29, 1.82) is 0 Å². The van der Waals surface area contributed by atoms with E-state index >= 15 is 0 Å². The number of amides is 1. The maximum atomic E-state index is 11.7. The predicted molar refractivity (Wildman–Crippen MR) is 64.9 cm³/mol. The lowest BCUT2D eigenvalue weighted by atomic mass is 10.2. The molecule has 1 amide bonds. The summed E-state index contributed by atoms with van der Waals surface area (Å²) >= 11 is 0. The van der Waals surface area contributed by atoms with Crippen molar-refractivity contribution in [3.05, 3.63) is 42.0 Å². The summed E-state index contributed by atoms with van der Waals surface area (Å²) in [5.74, 6) is -0.345. The van der Waals surface area contributed by atoms with Crippen LogP contribution in [0.4, 0.5) is 0 Å². The zero-order valence-corrected chi connectivity index (χ0v) is 9.70. The molecule has 0 bridgehead atoms. The molecule has 90 valence electrons. The van der Waals surface area contributed by atoms with Crippen molar-refractivity contribution in [1.82, 2.24) is 5.06 Å². The summed E-state index contributed by atoms with van der Waals surface area (Å²) in [4.78, 5) is 27.1. The highest BCUT2D eigenvalue weighted by Gasteiger charge is 2.09. The van der Waals surface area contributed by atoms with E-state index in [-0.39, 0.29) is 12.5 Å². The minimum absolute atomic E-state index is 0.0637. The fourth-order valence-corrected chi connectivity index (χ4v) is 1.24. The molecule has 0 aliphatic carbocycles. The highest BCUT2D eigenvalue weighted by atomic mass is 16.7. The highest BCUT2D eigenvalue weighted by molar-refractivity contribution is 5.92. The number of carbonyl (C=O) groups excluding carboxylic acids is 2. The second kappa shape index (κ2) is 7.35. The maximum absolute atomic E-state index is 11.7. The van der Waals surface area contributed by atoms with Gasteiger partial charge in [0.2, 0.25) is 0 Å². The highest BCUT2D eigenvalue weighted by Crippen LogP contribution is 2.02. The average molecular weight is 233 g/mol. The van der Waals surface area contributed by atoms with Gasteiger partial charge in [0.1, 0.15) is 12.8 Å². The lowest BCUT2D eigenvalue weighted by Crippen LogP contribution is -2.31. The summed E-state index contributed by atoms with van der Waals surface area (Å²) in [5, 5.41) is 1.03. The van der Waals surface area contributed by atoms with Crippen LogP contribution in [0.15, 0.2) is 36.4 Å². The Morgan fingerprint density at radius 1 is 1.35 bits per heavy atom. The molecule has 0 N–H and O–H groups in total. The summed E-state index contributed by atoms with van der Waals surface area (Å²) in [6.07, 6.45) is 3.69. The van der Waals surface area contributed by atoms with Crippen molar-refractivity contribution in [3.8, 4) is 0 Å². The molecule has 0 heterocycles. The van der Waals surface area contributed by atoms with Gasteiger partial charge in [-0.1, -0.05) is 30.3 Å². The van der Waals surface area contributed by atoms with Crippen molar-refractivity contribution in [2.45, 2.75) is 6.92 Å². The standard InChI is InChI=1S/C13H15NO3/c1-2-17-14(10-11-15)13(16)9-8-12-6-4-3-5-7-12/h3-9,11H,2,10H2,1H3/b9-8+. The summed E-state index contributed by atoms with van der Waals surface area (Å²) in [6, 6.07) is 9.44. The van der Waals surface area contributed by atoms with Crippen LogP contribution in [0.1, 0.15) is 12.5 Å². The zero-order chi connectivity index (χ0) is 12.5. The molecule has 0 radical (unpaired) electrons. The maximum Gasteiger partial charge on any atom is 0.270 e. The molecular weight excluding hydrogens is 218 g/mol. The van der Waals surface area contributed by atoms with E-state index in [0.717, 1.165) is 10.6 Å². The van der Waals surface area contributed by atoms with Gasteiger partial charge in [-0.25, -0.2) is 5.06 Å². The number of rotatable bonds is 6. The van der Waals surface area contributed by atoms with E-state index in [4.69, 9.17) is 4.84 Å². The molecule has 0 saturated heterocycles. The Morgan fingerprint density at radius 3 is 2.65 bits per heavy atom. The van der Waals surface area contributed by atoms with Crippen LogP contribution in [0, 0.1) is 0 Å². The van der Waals surface area contributed by atoms with Gasteiger partial charge in [-0.2, -0.15) is 0 Å². The van der Waals surface area contributed by atoms with E-state index in [1.165, 1.54) is 6.08 Å². The molecule has 0 aliphatic rings. The molecule has 0 spiro atoms. The molecule has 1 aromatic rings. The fraction of sp³-hybridized carbons (Fsp3) is 0.231. The van der Waals surface area contributed by atoms with Crippen LogP contribution in [-0.4, -0.2) is 30.4 Å². The van der Waals surface area contributed by atoms with E-state index in [9.17, 15) is 9.59 Å². The third-order valence-electron chi connectivity index (χ3n) is 1.99. The van der Waals surface area contributed by atoms with Gasteiger partial charge >= 0.3 is 0 Å². The van der Waals surface area contributed by atoms with E-state index in [2.05, 4.69) is 0 Å².